The molecule has 0 aliphatic rings. The van der Waals surface area contributed by atoms with Crippen LogP contribution in [0, 0.1) is 0 Å². The standard InChI is InChI=1S/C6H12F2OSi2/c1-5-10(3,7)9-11(4,8)6-2/h5-6H,1-2H2,3-4H3. The average Bonchev–Trinajstić information content (AvgIpc) is 1.86. The van der Waals surface area contributed by atoms with Gasteiger partial charge in [-0.1, -0.05) is 0 Å². The fraction of sp³-hybridized carbons (Fsp3) is 0.333. The summed E-state index contributed by atoms with van der Waals surface area (Å²) < 4.78 is 30.7. The number of hydrogen-bond donors (Lipinski definition) is 0. The van der Waals surface area contributed by atoms with E-state index in [1.807, 2.05) is 0 Å². The van der Waals surface area contributed by atoms with Gasteiger partial charge in [-0.25, -0.2) is 0 Å². The normalized spacial score (nSPS) is 21.5. The van der Waals surface area contributed by atoms with Crippen molar-refractivity contribution in [3.05, 3.63) is 24.6 Å². The van der Waals surface area contributed by atoms with E-state index in [1.54, 1.807) is 0 Å². The molecule has 0 spiro atoms. The Balaban J connectivity index is 4.23. The van der Waals surface area contributed by atoms with E-state index >= 15 is 0 Å². The lowest BCUT2D eigenvalue weighted by Crippen LogP contribution is -2.40. The van der Waals surface area contributed by atoms with Crippen molar-refractivity contribution >= 4 is 17.3 Å². The maximum atomic E-state index is 13.0. The Morgan fingerprint density at radius 1 is 1.09 bits per heavy atom. The van der Waals surface area contributed by atoms with E-state index in [9.17, 15) is 8.22 Å². The van der Waals surface area contributed by atoms with Gasteiger partial charge < -0.3 is 4.12 Å². The van der Waals surface area contributed by atoms with Crippen LogP contribution in [0.15, 0.2) is 24.6 Å². The van der Waals surface area contributed by atoms with Crippen LogP contribution >= 0.6 is 0 Å². The molecule has 64 valence electrons. The first-order valence-electron chi connectivity index (χ1n) is 3.18. The smallest absolute Gasteiger partial charge is 0.397 e. The first-order valence-corrected chi connectivity index (χ1v) is 7.91. The van der Waals surface area contributed by atoms with Gasteiger partial charge in [0.15, 0.2) is 0 Å². The summed E-state index contributed by atoms with van der Waals surface area (Å²) in [5, 5.41) is 0. The summed E-state index contributed by atoms with van der Waals surface area (Å²) in [6, 6.07) is 0. The minimum Gasteiger partial charge on any atom is -0.403 e. The Bertz CT molecular complexity index is 150. The van der Waals surface area contributed by atoms with Crippen molar-refractivity contribution in [3.63, 3.8) is 0 Å². The second-order valence-corrected chi connectivity index (χ2v) is 8.06. The van der Waals surface area contributed by atoms with Crippen molar-refractivity contribution in [2.24, 2.45) is 0 Å². The van der Waals surface area contributed by atoms with Gasteiger partial charge in [0.1, 0.15) is 0 Å². The Morgan fingerprint density at radius 3 is 1.55 bits per heavy atom. The van der Waals surface area contributed by atoms with Gasteiger partial charge in [-0.05, 0) is 24.5 Å². The molecule has 0 saturated heterocycles. The van der Waals surface area contributed by atoms with Crippen molar-refractivity contribution in [1.29, 1.82) is 0 Å². The molecule has 0 aromatic rings. The predicted molar refractivity (Wildman–Crippen MR) is 46.9 cm³/mol. The Kier molecular flexibility index (Phi) is 3.34. The molecule has 0 aliphatic heterocycles. The molecule has 0 radical (unpaired) electrons. The number of halogens is 2. The van der Waals surface area contributed by atoms with E-state index in [0.717, 1.165) is 11.4 Å². The van der Waals surface area contributed by atoms with E-state index in [1.165, 1.54) is 13.1 Å². The van der Waals surface area contributed by atoms with Gasteiger partial charge in [-0.3, -0.25) is 8.22 Å². The van der Waals surface area contributed by atoms with Gasteiger partial charge in [0.25, 0.3) is 0 Å². The summed E-state index contributed by atoms with van der Waals surface area (Å²) in [6.07, 6.45) is 0. The maximum Gasteiger partial charge on any atom is 0.397 e. The van der Waals surface area contributed by atoms with Gasteiger partial charge in [0.05, 0.1) is 0 Å². The van der Waals surface area contributed by atoms with Gasteiger partial charge in [-0.2, -0.15) is 0 Å². The molecule has 0 bridgehead atoms. The third-order valence-corrected chi connectivity index (χ3v) is 5.78. The third kappa shape index (κ3) is 4.23. The van der Waals surface area contributed by atoms with Gasteiger partial charge in [-0.15, -0.1) is 13.2 Å². The lowest BCUT2D eigenvalue weighted by atomic mass is 11.3. The zero-order valence-corrected chi connectivity index (χ0v) is 8.73. The van der Waals surface area contributed by atoms with Crippen LogP contribution in [-0.2, 0) is 4.12 Å². The van der Waals surface area contributed by atoms with Crippen molar-refractivity contribution < 1.29 is 12.3 Å². The molecule has 5 heteroatoms. The Morgan fingerprint density at radius 2 is 1.36 bits per heavy atom. The van der Waals surface area contributed by atoms with Crippen LogP contribution in [0.5, 0.6) is 0 Å². The van der Waals surface area contributed by atoms with Crippen LogP contribution in [0.1, 0.15) is 0 Å². The molecule has 0 N–H and O–H groups in total. The topological polar surface area (TPSA) is 9.23 Å². The van der Waals surface area contributed by atoms with Crippen LogP contribution < -0.4 is 0 Å². The predicted octanol–water partition coefficient (Wildman–Crippen LogP) is 2.54. The van der Waals surface area contributed by atoms with Crippen molar-refractivity contribution in [1.82, 2.24) is 0 Å². The molecule has 0 aromatic carbocycles. The molecule has 0 rings (SSSR count). The summed E-state index contributed by atoms with van der Waals surface area (Å²) in [5.41, 5.74) is 2.11. The molecule has 0 saturated carbocycles. The Labute approximate surface area is 68.0 Å². The summed E-state index contributed by atoms with van der Waals surface area (Å²) in [4.78, 5) is 0. The first kappa shape index (κ1) is 10.7. The summed E-state index contributed by atoms with van der Waals surface area (Å²) >= 11 is 0. The summed E-state index contributed by atoms with van der Waals surface area (Å²) in [7, 11) is -6.91. The highest BCUT2D eigenvalue weighted by Crippen LogP contribution is 2.17. The quantitative estimate of drug-likeness (QED) is 0.493. The average molecular weight is 194 g/mol. The van der Waals surface area contributed by atoms with Crippen LogP contribution in [0.4, 0.5) is 8.22 Å². The summed E-state index contributed by atoms with van der Waals surface area (Å²) in [6.45, 7) is 8.96. The lowest BCUT2D eigenvalue weighted by Gasteiger charge is -2.20. The lowest BCUT2D eigenvalue weighted by molar-refractivity contribution is 0.433. The Hall–Kier alpha value is -0.266. The molecule has 0 fully saturated rings. The molecule has 2 unspecified atom stereocenters. The van der Waals surface area contributed by atoms with Crippen LogP contribution in [-0.4, -0.2) is 17.3 Å². The van der Waals surface area contributed by atoms with Crippen LogP contribution in [0.3, 0.4) is 0 Å². The molecule has 0 aliphatic carbocycles. The minimum atomic E-state index is -3.45. The van der Waals surface area contributed by atoms with Crippen molar-refractivity contribution in [3.8, 4) is 0 Å². The van der Waals surface area contributed by atoms with Gasteiger partial charge in [0.2, 0.25) is 0 Å². The van der Waals surface area contributed by atoms with Crippen molar-refractivity contribution in [2.45, 2.75) is 13.1 Å². The van der Waals surface area contributed by atoms with E-state index in [4.69, 9.17) is 0 Å². The molecular weight excluding hydrogens is 182 g/mol. The van der Waals surface area contributed by atoms with Crippen LogP contribution in [0.2, 0.25) is 13.1 Å². The molecule has 1 nitrogen and oxygen atoms in total. The fourth-order valence-corrected chi connectivity index (χ4v) is 4.26. The highest BCUT2D eigenvalue weighted by Gasteiger charge is 2.37. The third-order valence-electron chi connectivity index (χ3n) is 1.13. The molecule has 0 heterocycles. The first-order chi connectivity index (χ1) is 4.83. The molecule has 2 atom stereocenters. The van der Waals surface area contributed by atoms with E-state index in [-0.39, 0.29) is 0 Å². The molecule has 0 amide bonds. The van der Waals surface area contributed by atoms with Gasteiger partial charge >= 0.3 is 17.3 Å². The minimum absolute atomic E-state index is 1.06. The zero-order valence-electron chi connectivity index (χ0n) is 6.73. The molecule has 11 heavy (non-hydrogen) atoms. The second kappa shape index (κ2) is 3.42. The van der Waals surface area contributed by atoms with E-state index in [2.05, 4.69) is 17.3 Å². The fourth-order valence-electron chi connectivity index (χ4n) is 0.474. The number of rotatable bonds is 4. The van der Waals surface area contributed by atoms with E-state index < -0.39 is 17.3 Å². The molecular formula is C6H12F2OSi2. The van der Waals surface area contributed by atoms with E-state index in [0.29, 0.717) is 0 Å². The molecule has 0 aromatic heterocycles. The summed E-state index contributed by atoms with van der Waals surface area (Å²) in [5.74, 6) is 0. The monoisotopic (exact) mass is 194 g/mol. The number of hydrogen-bond acceptors (Lipinski definition) is 1. The highest BCUT2D eigenvalue weighted by molar-refractivity contribution is 6.84. The van der Waals surface area contributed by atoms with Crippen molar-refractivity contribution in [2.75, 3.05) is 0 Å². The maximum absolute atomic E-state index is 13.0. The SMILES string of the molecule is C=C[Si](C)(F)O[Si](C)(F)C=C. The zero-order chi connectivity index (χ0) is 9.12. The van der Waals surface area contributed by atoms with Gasteiger partial charge in [0, 0.05) is 0 Å². The largest absolute Gasteiger partial charge is 0.403 e. The second-order valence-electron chi connectivity index (χ2n) is 2.48. The highest BCUT2D eigenvalue weighted by atomic mass is 28.5. The van der Waals surface area contributed by atoms with Crippen LogP contribution in [0.25, 0.3) is 0 Å².